The highest BCUT2D eigenvalue weighted by Crippen LogP contribution is 2.76. The van der Waals surface area contributed by atoms with E-state index in [2.05, 4.69) is 44.2 Å². The molecule has 0 spiro atoms. The van der Waals surface area contributed by atoms with Gasteiger partial charge < -0.3 is 5.11 Å². The second-order valence-corrected chi connectivity index (χ2v) is 9.06. The Hall–Kier alpha value is -1.57. The average Bonchev–Trinajstić information content (AvgIpc) is 3.26. The van der Waals surface area contributed by atoms with Crippen molar-refractivity contribution in [1.82, 2.24) is 0 Å². The number of carboxylic acid groups (broad SMARTS) is 1. The molecule has 4 bridgehead atoms. The van der Waals surface area contributed by atoms with Gasteiger partial charge in [0.25, 0.3) is 0 Å². The third-order valence-electron chi connectivity index (χ3n) is 8.44. The summed E-state index contributed by atoms with van der Waals surface area (Å²) < 4.78 is 0. The summed E-state index contributed by atoms with van der Waals surface area (Å²) in [6, 6.07) is 6.77. The molecule has 1 aromatic carbocycles. The van der Waals surface area contributed by atoms with E-state index in [9.17, 15) is 9.90 Å². The fourth-order valence-corrected chi connectivity index (χ4v) is 7.44. The molecule has 2 nitrogen and oxygen atoms in total. The summed E-state index contributed by atoms with van der Waals surface area (Å²) in [6.45, 7) is 6.50. The number of aryl methyl sites for hydroxylation is 1. The first-order valence-corrected chi connectivity index (χ1v) is 9.39. The van der Waals surface area contributed by atoms with Crippen LogP contribution in [0, 0.1) is 48.9 Å². The molecule has 0 heterocycles. The van der Waals surface area contributed by atoms with Crippen molar-refractivity contribution in [3.05, 3.63) is 47.0 Å². The van der Waals surface area contributed by atoms with Gasteiger partial charge >= 0.3 is 5.97 Å². The van der Waals surface area contributed by atoms with Crippen LogP contribution in [0.4, 0.5) is 0 Å². The molecule has 0 radical (unpaired) electrons. The van der Waals surface area contributed by atoms with Gasteiger partial charge in [0.1, 0.15) is 0 Å². The van der Waals surface area contributed by atoms with E-state index in [1.807, 2.05) is 6.92 Å². The Labute approximate surface area is 144 Å². The van der Waals surface area contributed by atoms with Gasteiger partial charge in [-0.05, 0) is 86.3 Å². The minimum absolute atomic E-state index is 0.204. The molecule has 7 unspecified atom stereocenters. The van der Waals surface area contributed by atoms with Gasteiger partial charge in [0.2, 0.25) is 0 Å². The number of fused-ring (bicyclic) bond motifs is 9. The average molecular weight is 322 g/mol. The molecule has 4 aliphatic rings. The summed E-state index contributed by atoms with van der Waals surface area (Å²) in [6.07, 6.45) is 8.06. The number of hydrogen-bond donors (Lipinski definition) is 1. The molecule has 1 N–H and O–H groups in total. The van der Waals surface area contributed by atoms with Crippen molar-refractivity contribution in [3.63, 3.8) is 0 Å². The van der Waals surface area contributed by atoms with Crippen molar-refractivity contribution in [2.45, 2.75) is 45.4 Å². The third-order valence-corrected chi connectivity index (χ3v) is 8.44. The number of carboxylic acids is 1. The Morgan fingerprint density at radius 2 is 2.00 bits per heavy atom. The van der Waals surface area contributed by atoms with Crippen LogP contribution in [0.1, 0.15) is 42.9 Å². The molecule has 3 fully saturated rings. The van der Waals surface area contributed by atoms with Gasteiger partial charge in [-0.15, -0.1) is 0 Å². The van der Waals surface area contributed by atoms with Crippen LogP contribution in [0.15, 0.2) is 30.4 Å². The first-order valence-electron chi connectivity index (χ1n) is 9.39. The van der Waals surface area contributed by atoms with Crippen molar-refractivity contribution in [3.8, 4) is 0 Å². The molecule has 3 saturated carbocycles. The molecule has 0 amide bonds. The quantitative estimate of drug-likeness (QED) is 0.643. The summed E-state index contributed by atoms with van der Waals surface area (Å²) in [7, 11) is 0. The van der Waals surface area contributed by atoms with E-state index in [0.717, 1.165) is 12.8 Å². The SMILES string of the molecule is Cc1cccc(C23C4C=CC(C4)C2C2CC3CC2(C)C(=O)O)c1C. The third kappa shape index (κ3) is 1.39. The summed E-state index contributed by atoms with van der Waals surface area (Å²) in [5.74, 6) is 2.00. The number of aliphatic carboxylic acids is 1. The van der Waals surface area contributed by atoms with E-state index >= 15 is 0 Å². The summed E-state index contributed by atoms with van der Waals surface area (Å²) in [5.41, 5.74) is 4.03. The summed E-state index contributed by atoms with van der Waals surface area (Å²) in [5, 5.41) is 9.92. The zero-order valence-corrected chi connectivity index (χ0v) is 14.8. The Morgan fingerprint density at radius 1 is 1.21 bits per heavy atom. The summed E-state index contributed by atoms with van der Waals surface area (Å²) in [4.78, 5) is 12.1. The lowest BCUT2D eigenvalue weighted by Crippen LogP contribution is -2.51. The van der Waals surface area contributed by atoms with Crippen LogP contribution in [0.3, 0.4) is 0 Å². The molecule has 0 aromatic heterocycles. The van der Waals surface area contributed by atoms with Crippen molar-refractivity contribution >= 4 is 5.97 Å². The lowest BCUT2D eigenvalue weighted by atomic mass is 9.52. The van der Waals surface area contributed by atoms with Gasteiger partial charge in [-0.3, -0.25) is 4.79 Å². The van der Waals surface area contributed by atoms with E-state index < -0.39 is 11.4 Å². The number of rotatable bonds is 2. The molecule has 1 aromatic rings. The van der Waals surface area contributed by atoms with Gasteiger partial charge in [-0.1, -0.05) is 30.4 Å². The number of hydrogen-bond acceptors (Lipinski definition) is 1. The largest absolute Gasteiger partial charge is 0.481 e. The zero-order valence-electron chi connectivity index (χ0n) is 14.8. The fourth-order valence-electron chi connectivity index (χ4n) is 7.44. The van der Waals surface area contributed by atoms with Crippen molar-refractivity contribution in [2.24, 2.45) is 35.0 Å². The van der Waals surface area contributed by atoms with Crippen LogP contribution >= 0.6 is 0 Å². The predicted octanol–water partition coefficient (Wildman–Crippen LogP) is 4.49. The highest BCUT2D eigenvalue weighted by molar-refractivity contribution is 5.76. The highest BCUT2D eigenvalue weighted by atomic mass is 16.4. The summed E-state index contributed by atoms with van der Waals surface area (Å²) >= 11 is 0. The second kappa shape index (κ2) is 4.33. The van der Waals surface area contributed by atoms with E-state index in [-0.39, 0.29) is 5.41 Å². The van der Waals surface area contributed by atoms with Crippen molar-refractivity contribution < 1.29 is 9.90 Å². The van der Waals surface area contributed by atoms with E-state index in [4.69, 9.17) is 0 Å². The Balaban J connectivity index is 1.73. The molecule has 126 valence electrons. The smallest absolute Gasteiger partial charge is 0.309 e. The van der Waals surface area contributed by atoms with Crippen LogP contribution in [0.25, 0.3) is 0 Å². The van der Waals surface area contributed by atoms with E-state index in [0.29, 0.717) is 29.6 Å². The first-order chi connectivity index (χ1) is 11.4. The number of benzene rings is 1. The molecule has 24 heavy (non-hydrogen) atoms. The molecular weight excluding hydrogens is 296 g/mol. The Morgan fingerprint density at radius 3 is 2.75 bits per heavy atom. The van der Waals surface area contributed by atoms with Gasteiger partial charge in [0.05, 0.1) is 5.41 Å². The lowest BCUT2D eigenvalue weighted by Gasteiger charge is -2.51. The van der Waals surface area contributed by atoms with Crippen LogP contribution < -0.4 is 0 Å². The molecule has 7 atom stereocenters. The normalized spacial score (nSPS) is 47.4. The topological polar surface area (TPSA) is 37.3 Å². The maximum atomic E-state index is 12.1. The van der Waals surface area contributed by atoms with Crippen molar-refractivity contribution in [2.75, 3.05) is 0 Å². The van der Waals surface area contributed by atoms with Crippen LogP contribution in [-0.4, -0.2) is 11.1 Å². The van der Waals surface area contributed by atoms with Crippen LogP contribution in [0.2, 0.25) is 0 Å². The molecule has 2 heteroatoms. The van der Waals surface area contributed by atoms with E-state index in [1.54, 1.807) is 0 Å². The molecule has 4 aliphatic carbocycles. The van der Waals surface area contributed by atoms with E-state index in [1.165, 1.54) is 23.1 Å². The van der Waals surface area contributed by atoms with Crippen LogP contribution in [-0.2, 0) is 10.2 Å². The number of carbonyl (C=O) groups is 1. The van der Waals surface area contributed by atoms with Gasteiger partial charge in [0, 0.05) is 5.41 Å². The van der Waals surface area contributed by atoms with Gasteiger partial charge in [0.15, 0.2) is 0 Å². The molecule has 0 aliphatic heterocycles. The highest BCUT2D eigenvalue weighted by Gasteiger charge is 2.74. The maximum Gasteiger partial charge on any atom is 0.309 e. The Bertz CT molecular complexity index is 778. The first kappa shape index (κ1) is 14.7. The van der Waals surface area contributed by atoms with Crippen molar-refractivity contribution in [1.29, 1.82) is 0 Å². The minimum atomic E-state index is -0.573. The number of allylic oxidation sites excluding steroid dienone is 2. The van der Waals surface area contributed by atoms with Gasteiger partial charge in [-0.25, -0.2) is 0 Å². The standard InChI is InChI=1S/C22H26O2/c1-12-5-4-6-17(13(12)2)22-15-8-7-14(9-15)19(22)18-10-16(22)11-21(18,3)20(23)24/h4-8,14-16,18-19H,9-11H2,1-3H3,(H,23,24). The van der Waals surface area contributed by atoms with Crippen LogP contribution in [0.5, 0.6) is 0 Å². The fraction of sp³-hybridized carbons (Fsp3) is 0.591. The molecular formula is C22H26O2. The predicted molar refractivity (Wildman–Crippen MR) is 93.8 cm³/mol. The lowest BCUT2D eigenvalue weighted by molar-refractivity contribution is -0.154. The minimum Gasteiger partial charge on any atom is -0.481 e. The maximum absolute atomic E-state index is 12.1. The second-order valence-electron chi connectivity index (χ2n) is 9.06. The Kier molecular flexibility index (Phi) is 2.66. The molecule has 0 saturated heterocycles. The zero-order chi connectivity index (χ0) is 16.9. The molecule has 5 rings (SSSR count). The monoisotopic (exact) mass is 322 g/mol. The van der Waals surface area contributed by atoms with Gasteiger partial charge in [-0.2, -0.15) is 0 Å².